The van der Waals surface area contributed by atoms with Gasteiger partial charge >= 0.3 is 0 Å². The van der Waals surface area contributed by atoms with Gasteiger partial charge < -0.3 is 56.8 Å². The molecule has 1 fully saturated rings. The Morgan fingerprint density at radius 2 is 0.653 bits per heavy atom. The summed E-state index contributed by atoms with van der Waals surface area (Å²) in [4.78, 5) is 0. The van der Waals surface area contributed by atoms with Crippen molar-refractivity contribution in [1.82, 2.24) is 0 Å². The van der Waals surface area contributed by atoms with Crippen molar-refractivity contribution in [3.8, 4) is 0 Å². The van der Waals surface area contributed by atoms with Crippen LogP contribution in [0, 0.1) is 0 Å². The third-order valence-electron chi connectivity index (χ3n) is 7.66. The van der Waals surface area contributed by atoms with Crippen molar-refractivity contribution in [1.29, 1.82) is 0 Å². The SMILES string of the molecule is CCCCCCCCCCCCOCCOCCOCCOCCOCCOCCOCCOCCOCCOCCOC1CCCCO1. The van der Waals surface area contributed by atoms with Gasteiger partial charge in [0.05, 0.1) is 132 Å². The van der Waals surface area contributed by atoms with Gasteiger partial charge in [0.1, 0.15) is 0 Å². The van der Waals surface area contributed by atoms with Crippen LogP contribution < -0.4 is 0 Å². The third-order valence-corrected chi connectivity index (χ3v) is 7.66. The van der Waals surface area contributed by atoms with Crippen LogP contribution in [0.3, 0.4) is 0 Å². The van der Waals surface area contributed by atoms with Gasteiger partial charge in [-0.1, -0.05) is 64.7 Å². The summed E-state index contributed by atoms with van der Waals surface area (Å²) in [5.74, 6) is 0. The van der Waals surface area contributed by atoms with Gasteiger partial charge in [-0.25, -0.2) is 0 Å². The second-order valence-electron chi connectivity index (χ2n) is 12.0. The Morgan fingerprint density at radius 3 is 0.980 bits per heavy atom. The standard InChI is InChI=1S/C37H74O12/c1-2-3-4-5-6-7-8-9-10-12-15-38-17-18-39-19-20-40-21-22-41-23-24-42-25-26-43-27-28-44-29-30-45-31-32-46-33-34-47-35-36-49-37-14-11-13-16-48-37/h37H,2-36H2,1H3. The summed E-state index contributed by atoms with van der Waals surface area (Å²) in [5.41, 5.74) is 0. The average Bonchev–Trinajstić information content (AvgIpc) is 3.12. The van der Waals surface area contributed by atoms with Crippen LogP contribution in [0.15, 0.2) is 0 Å². The lowest BCUT2D eigenvalue weighted by molar-refractivity contribution is -0.169. The summed E-state index contributed by atoms with van der Waals surface area (Å²) in [6.07, 6.45) is 16.6. The normalized spacial score (nSPS) is 15.0. The lowest BCUT2D eigenvalue weighted by Crippen LogP contribution is -2.24. The zero-order valence-electron chi connectivity index (χ0n) is 31.2. The zero-order chi connectivity index (χ0) is 34.8. The van der Waals surface area contributed by atoms with Crippen molar-refractivity contribution in [3.63, 3.8) is 0 Å². The van der Waals surface area contributed by atoms with Crippen LogP contribution >= 0.6 is 0 Å². The Labute approximate surface area is 298 Å². The van der Waals surface area contributed by atoms with Crippen molar-refractivity contribution in [2.24, 2.45) is 0 Å². The van der Waals surface area contributed by atoms with Gasteiger partial charge in [-0.3, -0.25) is 0 Å². The van der Waals surface area contributed by atoms with Crippen molar-refractivity contribution in [2.45, 2.75) is 96.7 Å². The second kappa shape index (κ2) is 41.9. The molecule has 1 rings (SSSR count). The highest BCUT2D eigenvalue weighted by molar-refractivity contribution is 4.54. The Bertz CT molecular complexity index is 598. The molecule has 1 heterocycles. The molecule has 0 bridgehead atoms. The zero-order valence-corrected chi connectivity index (χ0v) is 31.2. The molecule has 294 valence electrons. The van der Waals surface area contributed by atoms with Gasteiger partial charge in [0.25, 0.3) is 0 Å². The predicted octanol–water partition coefficient (Wildman–Crippen LogP) is 5.62. The highest BCUT2D eigenvalue weighted by atomic mass is 16.7. The van der Waals surface area contributed by atoms with Crippen LogP contribution in [0.5, 0.6) is 0 Å². The molecule has 1 saturated heterocycles. The van der Waals surface area contributed by atoms with Crippen LogP contribution in [0.25, 0.3) is 0 Å². The molecule has 0 aliphatic carbocycles. The molecule has 0 aromatic carbocycles. The maximum absolute atomic E-state index is 5.65. The van der Waals surface area contributed by atoms with E-state index in [1.807, 2.05) is 0 Å². The van der Waals surface area contributed by atoms with Gasteiger partial charge in [0.15, 0.2) is 6.29 Å². The fourth-order valence-corrected chi connectivity index (χ4v) is 4.85. The first kappa shape index (κ1) is 46.5. The summed E-state index contributed by atoms with van der Waals surface area (Å²) in [6.45, 7) is 14.8. The monoisotopic (exact) mass is 711 g/mol. The van der Waals surface area contributed by atoms with E-state index in [0.717, 1.165) is 32.5 Å². The summed E-state index contributed by atoms with van der Waals surface area (Å²) in [7, 11) is 0. The fraction of sp³-hybridized carbons (Fsp3) is 1.00. The minimum atomic E-state index is -0.0624. The van der Waals surface area contributed by atoms with Crippen LogP contribution in [-0.2, 0) is 56.8 Å². The predicted molar refractivity (Wildman–Crippen MR) is 190 cm³/mol. The lowest BCUT2D eigenvalue weighted by atomic mass is 10.1. The van der Waals surface area contributed by atoms with Gasteiger partial charge in [-0.05, 0) is 25.7 Å². The van der Waals surface area contributed by atoms with Crippen molar-refractivity contribution >= 4 is 0 Å². The summed E-state index contributed by atoms with van der Waals surface area (Å²) >= 11 is 0. The van der Waals surface area contributed by atoms with E-state index in [0.29, 0.717) is 132 Å². The number of unbranched alkanes of at least 4 members (excludes halogenated alkanes) is 9. The Morgan fingerprint density at radius 1 is 0.347 bits per heavy atom. The van der Waals surface area contributed by atoms with Gasteiger partial charge in [0.2, 0.25) is 0 Å². The molecule has 12 heteroatoms. The van der Waals surface area contributed by atoms with Gasteiger partial charge in [-0.15, -0.1) is 0 Å². The van der Waals surface area contributed by atoms with Crippen LogP contribution in [0.2, 0.25) is 0 Å². The van der Waals surface area contributed by atoms with E-state index in [2.05, 4.69) is 6.92 Å². The molecule has 0 saturated carbocycles. The first-order valence-electron chi connectivity index (χ1n) is 19.4. The van der Waals surface area contributed by atoms with E-state index in [1.165, 1.54) is 64.2 Å². The van der Waals surface area contributed by atoms with Crippen LogP contribution in [0.1, 0.15) is 90.4 Å². The Kier molecular flexibility index (Phi) is 39.8. The van der Waals surface area contributed by atoms with Crippen molar-refractivity contribution in [3.05, 3.63) is 0 Å². The number of ether oxygens (including phenoxy) is 12. The molecule has 49 heavy (non-hydrogen) atoms. The first-order chi connectivity index (χ1) is 24.4. The highest BCUT2D eigenvalue weighted by Gasteiger charge is 2.13. The number of hydrogen-bond acceptors (Lipinski definition) is 12. The Hall–Kier alpha value is -0.480. The maximum atomic E-state index is 5.65. The van der Waals surface area contributed by atoms with E-state index in [-0.39, 0.29) is 6.29 Å². The molecule has 1 aliphatic rings. The van der Waals surface area contributed by atoms with E-state index in [4.69, 9.17) is 56.8 Å². The van der Waals surface area contributed by atoms with Gasteiger partial charge in [0, 0.05) is 13.2 Å². The third kappa shape index (κ3) is 38.6. The molecule has 0 amide bonds. The minimum absolute atomic E-state index is 0.0624. The smallest absolute Gasteiger partial charge is 0.157 e. The minimum Gasteiger partial charge on any atom is -0.379 e. The fourth-order valence-electron chi connectivity index (χ4n) is 4.85. The molecule has 1 aliphatic heterocycles. The summed E-state index contributed by atoms with van der Waals surface area (Å²) in [5, 5.41) is 0. The molecular weight excluding hydrogens is 636 g/mol. The molecule has 0 spiro atoms. The topological polar surface area (TPSA) is 111 Å². The molecule has 1 unspecified atom stereocenters. The first-order valence-corrected chi connectivity index (χ1v) is 19.4. The lowest BCUT2D eigenvalue weighted by Gasteiger charge is -2.22. The number of rotatable bonds is 42. The van der Waals surface area contributed by atoms with Crippen molar-refractivity contribution < 1.29 is 56.8 Å². The van der Waals surface area contributed by atoms with E-state index in [9.17, 15) is 0 Å². The van der Waals surface area contributed by atoms with Crippen molar-refractivity contribution in [2.75, 3.05) is 145 Å². The quantitative estimate of drug-likeness (QED) is 0.0734. The molecule has 1 atom stereocenters. The Balaban J connectivity index is 1.59. The summed E-state index contributed by atoms with van der Waals surface area (Å²) in [6, 6.07) is 0. The average molecular weight is 711 g/mol. The van der Waals surface area contributed by atoms with E-state index >= 15 is 0 Å². The number of hydrogen-bond donors (Lipinski definition) is 0. The van der Waals surface area contributed by atoms with Crippen LogP contribution in [0.4, 0.5) is 0 Å². The largest absolute Gasteiger partial charge is 0.379 e. The molecular formula is C37H74O12. The molecule has 0 N–H and O–H groups in total. The molecule has 0 aromatic heterocycles. The van der Waals surface area contributed by atoms with Gasteiger partial charge in [-0.2, -0.15) is 0 Å². The van der Waals surface area contributed by atoms with E-state index in [1.54, 1.807) is 0 Å². The summed E-state index contributed by atoms with van der Waals surface area (Å²) < 4.78 is 66.4. The molecule has 12 nitrogen and oxygen atoms in total. The maximum Gasteiger partial charge on any atom is 0.157 e. The van der Waals surface area contributed by atoms with Crippen LogP contribution in [-0.4, -0.2) is 152 Å². The second-order valence-corrected chi connectivity index (χ2v) is 12.0. The van der Waals surface area contributed by atoms with E-state index < -0.39 is 0 Å². The molecule has 0 radical (unpaired) electrons. The highest BCUT2D eigenvalue weighted by Crippen LogP contribution is 2.13. The molecule has 0 aromatic rings.